The monoisotopic (exact) mass is 628 g/mol. The van der Waals surface area contributed by atoms with Gasteiger partial charge in [0.25, 0.3) is 0 Å². The molecule has 0 amide bonds. The average Bonchev–Trinajstić information content (AvgIpc) is 3.76. The van der Waals surface area contributed by atoms with Crippen LogP contribution in [0.5, 0.6) is 0 Å². The van der Waals surface area contributed by atoms with Crippen LogP contribution in [0, 0.1) is 25.2 Å². The Labute approximate surface area is 281 Å². The van der Waals surface area contributed by atoms with Gasteiger partial charge in [-0.05, 0) is 62.4 Å². The van der Waals surface area contributed by atoms with Crippen molar-refractivity contribution in [3.8, 4) is 23.7 Å². The lowest BCUT2D eigenvalue weighted by atomic mass is 10.1. The second-order valence-electron chi connectivity index (χ2n) is 12.8. The predicted molar refractivity (Wildman–Crippen MR) is 199 cm³/mol. The molecule has 0 unspecified atom stereocenters. The van der Waals surface area contributed by atoms with E-state index in [1.807, 2.05) is 24.3 Å². The summed E-state index contributed by atoms with van der Waals surface area (Å²) in [7, 11) is 0. The quantitative estimate of drug-likeness (QED) is 0.196. The maximum Gasteiger partial charge on any atom is 0.238 e. The van der Waals surface area contributed by atoms with Gasteiger partial charge >= 0.3 is 0 Å². The summed E-state index contributed by atoms with van der Waals surface area (Å²) >= 11 is 0. The maximum atomic E-state index is 11.1. The predicted octanol–water partition coefficient (Wildman–Crippen LogP) is 10.3. The zero-order chi connectivity index (χ0) is 32.8. The van der Waals surface area contributed by atoms with Crippen molar-refractivity contribution in [1.29, 1.82) is 5.26 Å². The van der Waals surface area contributed by atoms with Gasteiger partial charge in [-0.15, -0.1) is 0 Å². The van der Waals surface area contributed by atoms with Crippen molar-refractivity contribution in [2.24, 2.45) is 0 Å². The van der Waals surface area contributed by atoms with Gasteiger partial charge in [-0.25, -0.2) is 0 Å². The zero-order valence-electron chi connectivity index (χ0n) is 26.9. The molecule has 230 valence electrons. The molecule has 0 spiro atoms. The second-order valence-corrected chi connectivity index (χ2v) is 12.8. The third kappa shape index (κ3) is 3.81. The van der Waals surface area contributed by atoms with Crippen LogP contribution in [0.3, 0.4) is 0 Å². The fourth-order valence-corrected chi connectivity index (χ4v) is 7.72. The first-order valence-electron chi connectivity index (χ1n) is 16.4. The number of hydrogen-bond acceptors (Lipinski definition) is 3. The van der Waals surface area contributed by atoms with E-state index in [1.165, 1.54) is 11.1 Å². The van der Waals surface area contributed by atoms with Crippen LogP contribution in [-0.2, 0) is 0 Å². The highest BCUT2D eigenvalue weighted by molar-refractivity contribution is 6.12. The van der Waals surface area contributed by atoms with Crippen molar-refractivity contribution in [2.45, 2.75) is 13.8 Å². The molecule has 49 heavy (non-hydrogen) atoms. The molecule has 0 fully saturated rings. The first-order valence-corrected chi connectivity index (χ1v) is 16.4. The van der Waals surface area contributed by atoms with Crippen LogP contribution in [0.2, 0.25) is 0 Å². The molecule has 0 N–H and O–H groups in total. The number of benzene rings is 6. The molecular weight excluding hydrogens is 601 g/mol. The summed E-state index contributed by atoms with van der Waals surface area (Å²) in [5.41, 5.74) is 8.70. The standard InChI is InChI=1S/C43H28N6/c1-26-19-21-39-32(23-26)33-24-27(2)20-22-40(33)49(39)43-45-41(47-35-15-7-3-11-28(35)29-12-4-8-16-36(29)47)34(25-44)42(46-43)48-37-17-9-5-13-30(37)31-14-6-10-18-38(31)48/h3-24H,1-2H3. The molecule has 4 aromatic heterocycles. The minimum Gasteiger partial charge on any atom is -0.292 e. The van der Waals surface area contributed by atoms with E-state index in [0.29, 0.717) is 23.1 Å². The molecule has 6 heteroatoms. The van der Waals surface area contributed by atoms with Gasteiger partial charge in [0.05, 0.1) is 33.1 Å². The molecule has 0 atom stereocenters. The molecule has 0 aliphatic carbocycles. The molecule has 0 bridgehead atoms. The van der Waals surface area contributed by atoms with E-state index >= 15 is 0 Å². The summed E-state index contributed by atoms with van der Waals surface area (Å²) in [5.74, 6) is 1.58. The number of para-hydroxylation sites is 4. The molecule has 0 radical (unpaired) electrons. The van der Waals surface area contributed by atoms with E-state index < -0.39 is 0 Å². The Hall–Kier alpha value is -6.71. The third-order valence-electron chi connectivity index (χ3n) is 9.83. The summed E-state index contributed by atoms with van der Waals surface area (Å²) in [5, 5.41) is 17.8. The number of nitriles is 1. The number of rotatable bonds is 3. The Morgan fingerprint density at radius 2 is 0.776 bits per heavy atom. The van der Waals surface area contributed by atoms with E-state index in [-0.39, 0.29) is 0 Å². The average molecular weight is 629 g/mol. The molecule has 0 aliphatic rings. The van der Waals surface area contributed by atoms with E-state index in [9.17, 15) is 5.26 Å². The van der Waals surface area contributed by atoms with Gasteiger partial charge in [-0.1, -0.05) is 96.1 Å². The van der Waals surface area contributed by atoms with Crippen molar-refractivity contribution in [1.82, 2.24) is 23.7 Å². The summed E-state index contributed by atoms with van der Waals surface area (Å²) in [4.78, 5) is 10.8. The van der Waals surface area contributed by atoms with Crippen molar-refractivity contribution in [3.05, 3.63) is 150 Å². The van der Waals surface area contributed by atoms with Crippen molar-refractivity contribution in [3.63, 3.8) is 0 Å². The zero-order valence-corrected chi connectivity index (χ0v) is 26.9. The minimum absolute atomic E-state index is 0.397. The van der Waals surface area contributed by atoms with Crippen molar-refractivity contribution in [2.75, 3.05) is 0 Å². The number of nitrogens with zero attached hydrogens (tertiary/aromatic N) is 6. The highest BCUT2D eigenvalue weighted by Crippen LogP contribution is 2.38. The topological polar surface area (TPSA) is 64.4 Å². The Morgan fingerprint density at radius 3 is 1.14 bits per heavy atom. The normalized spacial score (nSPS) is 11.9. The fourth-order valence-electron chi connectivity index (χ4n) is 7.72. The van der Waals surface area contributed by atoms with Gasteiger partial charge in [-0.3, -0.25) is 13.7 Å². The second kappa shape index (κ2) is 10.1. The summed E-state index contributed by atoms with van der Waals surface area (Å²) in [6.45, 7) is 4.24. The molecule has 0 aliphatic heterocycles. The van der Waals surface area contributed by atoms with E-state index in [4.69, 9.17) is 9.97 Å². The van der Waals surface area contributed by atoms with Crippen LogP contribution >= 0.6 is 0 Å². The Kier molecular flexibility index (Phi) is 5.67. The van der Waals surface area contributed by atoms with Crippen LogP contribution in [0.25, 0.3) is 83.0 Å². The van der Waals surface area contributed by atoms with Gasteiger partial charge in [0.2, 0.25) is 5.95 Å². The van der Waals surface area contributed by atoms with E-state index in [2.05, 4.69) is 143 Å². The van der Waals surface area contributed by atoms with Gasteiger partial charge in [0.1, 0.15) is 11.6 Å². The number of fused-ring (bicyclic) bond motifs is 9. The lowest BCUT2D eigenvalue weighted by molar-refractivity contribution is 0.911. The summed E-state index contributed by atoms with van der Waals surface area (Å²) < 4.78 is 6.42. The van der Waals surface area contributed by atoms with E-state index in [0.717, 1.165) is 65.4 Å². The first-order chi connectivity index (χ1) is 24.1. The van der Waals surface area contributed by atoms with Gasteiger partial charge in [0, 0.05) is 32.3 Å². The highest BCUT2D eigenvalue weighted by Gasteiger charge is 2.26. The van der Waals surface area contributed by atoms with Crippen LogP contribution in [-0.4, -0.2) is 23.7 Å². The van der Waals surface area contributed by atoms with Crippen LogP contribution < -0.4 is 0 Å². The lowest BCUT2D eigenvalue weighted by Crippen LogP contribution is -2.13. The van der Waals surface area contributed by atoms with Gasteiger partial charge < -0.3 is 0 Å². The highest BCUT2D eigenvalue weighted by atomic mass is 15.2. The molecule has 6 nitrogen and oxygen atoms in total. The number of aryl methyl sites for hydroxylation is 2. The minimum atomic E-state index is 0.397. The molecule has 6 aromatic carbocycles. The fraction of sp³-hybridized carbons (Fsp3) is 0.0465. The van der Waals surface area contributed by atoms with Gasteiger partial charge in [0.15, 0.2) is 11.6 Å². The largest absolute Gasteiger partial charge is 0.292 e. The van der Waals surface area contributed by atoms with Crippen molar-refractivity contribution >= 4 is 65.4 Å². The molecule has 0 saturated heterocycles. The van der Waals surface area contributed by atoms with E-state index in [1.54, 1.807) is 0 Å². The Balaban J connectivity index is 1.43. The van der Waals surface area contributed by atoms with Gasteiger partial charge in [-0.2, -0.15) is 15.2 Å². The maximum absolute atomic E-state index is 11.1. The SMILES string of the molecule is Cc1ccc2c(c1)c1cc(C)ccc1n2-c1nc(-n2c3ccccc3c3ccccc32)c(C#N)c(-n2c3ccccc3c3ccccc32)n1. The lowest BCUT2D eigenvalue weighted by Gasteiger charge is -2.17. The first kappa shape index (κ1) is 27.4. The smallest absolute Gasteiger partial charge is 0.238 e. The van der Waals surface area contributed by atoms with Crippen LogP contribution in [0.15, 0.2) is 133 Å². The molecule has 0 saturated carbocycles. The van der Waals surface area contributed by atoms with Crippen LogP contribution in [0.1, 0.15) is 16.7 Å². The molecule has 4 heterocycles. The molecule has 10 rings (SSSR count). The summed E-state index contributed by atoms with van der Waals surface area (Å²) in [6, 6.07) is 49.0. The Morgan fingerprint density at radius 1 is 0.429 bits per heavy atom. The third-order valence-corrected chi connectivity index (χ3v) is 9.83. The van der Waals surface area contributed by atoms with Crippen LogP contribution in [0.4, 0.5) is 0 Å². The number of aromatic nitrogens is 5. The Bertz CT molecular complexity index is 2740. The molecular formula is C43H28N6. The number of hydrogen-bond donors (Lipinski definition) is 0. The summed E-state index contributed by atoms with van der Waals surface area (Å²) in [6.07, 6.45) is 0. The van der Waals surface area contributed by atoms with Crippen molar-refractivity contribution < 1.29 is 0 Å². The molecule has 10 aromatic rings.